The lowest BCUT2D eigenvalue weighted by atomic mass is 9.98. The third-order valence-corrected chi connectivity index (χ3v) is 4.19. The maximum atomic E-state index is 12.1. The summed E-state index contributed by atoms with van der Waals surface area (Å²) < 4.78 is 5.41. The largest absolute Gasteiger partial charge is 0.444 e. The van der Waals surface area contributed by atoms with Gasteiger partial charge in [0.05, 0.1) is 0 Å². The lowest BCUT2D eigenvalue weighted by molar-refractivity contribution is 0.0167. The van der Waals surface area contributed by atoms with E-state index in [1.54, 1.807) is 4.90 Å². The maximum Gasteiger partial charge on any atom is 0.410 e. The second kappa shape index (κ2) is 7.13. The summed E-state index contributed by atoms with van der Waals surface area (Å²) in [4.78, 5) is 25.8. The standard InChI is InChI=1S/C16H24N2O3S/c1-16(2,3)21-15(20)18-7-4-5-12(10-18)9-17-14(19)13-6-8-22-11-13/h6,8,11-12H,4-5,7,9-10H2,1-3H3,(H,17,19)/t12-/m1/s1. The molecule has 1 aliphatic rings. The Morgan fingerprint density at radius 2 is 2.23 bits per heavy atom. The third kappa shape index (κ3) is 5.02. The minimum Gasteiger partial charge on any atom is -0.444 e. The van der Waals surface area contributed by atoms with E-state index in [4.69, 9.17) is 4.74 Å². The summed E-state index contributed by atoms with van der Waals surface area (Å²) in [7, 11) is 0. The van der Waals surface area contributed by atoms with Crippen LogP contribution in [0.1, 0.15) is 44.0 Å². The van der Waals surface area contributed by atoms with E-state index in [0.29, 0.717) is 18.7 Å². The van der Waals surface area contributed by atoms with Gasteiger partial charge in [-0.15, -0.1) is 0 Å². The zero-order chi connectivity index (χ0) is 16.2. The number of carbonyl (C=O) groups is 2. The summed E-state index contributed by atoms with van der Waals surface area (Å²) in [6.07, 6.45) is 1.70. The number of rotatable bonds is 3. The molecule has 2 amide bonds. The average molecular weight is 324 g/mol. The van der Waals surface area contributed by atoms with Crippen LogP contribution < -0.4 is 5.32 Å². The van der Waals surface area contributed by atoms with Crippen molar-refractivity contribution in [2.75, 3.05) is 19.6 Å². The molecule has 0 aliphatic carbocycles. The fourth-order valence-electron chi connectivity index (χ4n) is 2.46. The van der Waals surface area contributed by atoms with Crippen molar-refractivity contribution in [1.82, 2.24) is 10.2 Å². The van der Waals surface area contributed by atoms with E-state index in [9.17, 15) is 9.59 Å². The number of hydrogen-bond acceptors (Lipinski definition) is 4. The van der Waals surface area contributed by atoms with Crippen LogP contribution >= 0.6 is 11.3 Å². The van der Waals surface area contributed by atoms with E-state index in [1.165, 1.54) is 11.3 Å². The number of likely N-dealkylation sites (tertiary alicyclic amines) is 1. The summed E-state index contributed by atoms with van der Waals surface area (Å²) in [5.74, 6) is 0.236. The van der Waals surface area contributed by atoms with E-state index in [-0.39, 0.29) is 17.9 Å². The predicted octanol–water partition coefficient (Wildman–Crippen LogP) is 3.13. The smallest absolute Gasteiger partial charge is 0.410 e. The average Bonchev–Trinajstić information content (AvgIpc) is 2.97. The Hall–Kier alpha value is -1.56. The van der Waals surface area contributed by atoms with Gasteiger partial charge in [0.2, 0.25) is 0 Å². The van der Waals surface area contributed by atoms with Crippen LogP contribution in [0.5, 0.6) is 0 Å². The second-order valence-electron chi connectivity index (χ2n) is 6.66. The van der Waals surface area contributed by atoms with Gasteiger partial charge in [0.15, 0.2) is 0 Å². The van der Waals surface area contributed by atoms with Crippen molar-refractivity contribution in [3.8, 4) is 0 Å². The molecule has 0 saturated carbocycles. The number of amides is 2. The summed E-state index contributed by atoms with van der Waals surface area (Å²) in [5.41, 5.74) is 0.224. The second-order valence-corrected chi connectivity index (χ2v) is 7.44. The Bertz CT molecular complexity index is 508. The molecule has 0 radical (unpaired) electrons. The fraction of sp³-hybridized carbons (Fsp3) is 0.625. The first-order chi connectivity index (χ1) is 10.3. The molecular weight excluding hydrogens is 300 g/mol. The molecule has 0 aromatic carbocycles. The van der Waals surface area contributed by atoms with Gasteiger partial charge in [0, 0.05) is 30.6 Å². The molecule has 1 atom stereocenters. The van der Waals surface area contributed by atoms with E-state index in [2.05, 4.69) is 5.32 Å². The Labute approximate surface area is 135 Å². The van der Waals surface area contributed by atoms with Gasteiger partial charge in [0.1, 0.15) is 5.60 Å². The van der Waals surface area contributed by atoms with Crippen molar-refractivity contribution in [3.05, 3.63) is 22.4 Å². The monoisotopic (exact) mass is 324 g/mol. The molecule has 2 rings (SSSR count). The summed E-state index contributed by atoms with van der Waals surface area (Å²) in [5, 5.41) is 6.68. The van der Waals surface area contributed by atoms with Crippen molar-refractivity contribution in [2.45, 2.75) is 39.2 Å². The fourth-order valence-corrected chi connectivity index (χ4v) is 3.09. The first kappa shape index (κ1) is 16.8. The van der Waals surface area contributed by atoms with Crippen LogP contribution in [0.2, 0.25) is 0 Å². The Morgan fingerprint density at radius 3 is 2.86 bits per heavy atom. The van der Waals surface area contributed by atoms with Gasteiger partial charge in [-0.25, -0.2) is 4.79 Å². The number of hydrogen-bond donors (Lipinski definition) is 1. The third-order valence-electron chi connectivity index (χ3n) is 3.51. The SMILES string of the molecule is CC(C)(C)OC(=O)N1CCC[C@H](CNC(=O)c2ccsc2)C1. The zero-order valence-corrected chi connectivity index (χ0v) is 14.2. The predicted molar refractivity (Wildman–Crippen MR) is 87.2 cm³/mol. The normalized spacial score (nSPS) is 18.9. The van der Waals surface area contributed by atoms with Crippen molar-refractivity contribution >= 4 is 23.3 Å². The molecule has 1 aromatic rings. The topological polar surface area (TPSA) is 58.6 Å². The molecule has 6 heteroatoms. The first-order valence-electron chi connectivity index (χ1n) is 7.63. The molecule has 1 aromatic heterocycles. The van der Waals surface area contributed by atoms with Crippen LogP contribution in [-0.2, 0) is 4.74 Å². The molecule has 0 bridgehead atoms. The molecule has 22 heavy (non-hydrogen) atoms. The van der Waals surface area contributed by atoms with Gasteiger partial charge in [0.25, 0.3) is 5.91 Å². The molecule has 1 fully saturated rings. The van der Waals surface area contributed by atoms with Crippen LogP contribution in [0, 0.1) is 5.92 Å². The zero-order valence-electron chi connectivity index (χ0n) is 13.4. The van der Waals surface area contributed by atoms with Crippen molar-refractivity contribution in [2.24, 2.45) is 5.92 Å². The number of nitrogens with one attached hydrogen (secondary N) is 1. The van der Waals surface area contributed by atoms with Crippen LogP contribution in [0.15, 0.2) is 16.8 Å². The highest BCUT2D eigenvalue weighted by Crippen LogP contribution is 2.19. The Morgan fingerprint density at radius 1 is 1.45 bits per heavy atom. The first-order valence-corrected chi connectivity index (χ1v) is 8.58. The van der Waals surface area contributed by atoms with Crippen LogP contribution in [0.25, 0.3) is 0 Å². The summed E-state index contributed by atoms with van der Waals surface area (Å²) >= 11 is 1.51. The highest BCUT2D eigenvalue weighted by Gasteiger charge is 2.27. The van der Waals surface area contributed by atoms with Crippen LogP contribution in [0.3, 0.4) is 0 Å². The van der Waals surface area contributed by atoms with Crippen molar-refractivity contribution in [3.63, 3.8) is 0 Å². The molecule has 2 heterocycles. The van der Waals surface area contributed by atoms with Crippen molar-refractivity contribution < 1.29 is 14.3 Å². The molecule has 1 aliphatic heterocycles. The van der Waals surface area contributed by atoms with E-state index >= 15 is 0 Å². The van der Waals surface area contributed by atoms with Gasteiger partial charge in [-0.1, -0.05) is 0 Å². The molecule has 0 spiro atoms. The number of thiophene rings is 1. The van der Waals surface area contributed by atoms with Crippen LogP contribution in [-0.4, -0.2) is 42.1 Å². The van der Waals surface area contributed by atoms with Gasteiger partial charge < -0.3 is 15.0 Å². The number of piperidine rings is 1. The quantitative estimate of drug-likeness (QED) is 0.929. The number of carbonyl (C=O) groups excluding carboxylic acids is 2. The van der Waals surface area contributed by atoms with Crippen LogP contribution in [0.4, 0.5) is 4.79 Å². The van der Waals surface area contributed by atoms with Gasteiger partial charge in [-0.3, -0.25) is 4.79 Å². The number of nitrogens with zero attached hydrogens (tertiary/aromatic N) is 1. The minimum atomic E-state index is -0.475. The molecule has 1 saturated heterocycles. The van der Waals surface area contributed by atoms with Gasteiger partial charge in [-0.05, 0) is 51.0 Å². The van der Waals surface area contributed by atoms with Gasteiger partial charge in [-0.2, -0.15) is 11.3 Å². The summed E-state index contributed by atoms with van der Waals surface area (Å²) in [6, 6.07) is 1.81. The highest BCUT2D eigenvalue weighted by molar-refractivity contribution is 7.08. The Kier molecular flexibility index (Phi) is 5.45. The molecule has 122 valence electrons. The minimum absolute atomic E-state index is 0.0457. The molecule has 5 nitrogen and oxygen atoms in total. The molecular formula is C16H24N2O3S. The Balaban J connectivity index is 1.80. The summed E-state index contributed by atoms with van der Waals surface area (Å²) in [6.45, 7) is 7.56. The lowest BCUT2D eigenvalue weighted by Gasteiger charge is -2.34. The van der Waals surface area contributed by atoms with E-state index in [1.807, 2.05) is 37.6 Å². The lowest BCUT2D eigenvalue weighted by Crippen LogP contribution is -2.45. The highest BCUT2D eigenvalue weighted by atomic mass is 32.1. The maximum absolute atomic E-state index is 12.1. The van der Waals surface area contributed by atoms with E-state index < -0.39 is 5.60 Å². The molecule has 0 unspecified atom stereocenters. The van der Waals surface area contributed by atoms with E-state index in [0.717, 1.165) is 19.4 Å². The van der Waals surface area contributed by atoms with Crippen molar-refractivity contribution in [1.29, 1.82) is 0 Å². The number of ether oxygens (including phenoxy) is 1. The molecule has 1 N–H and O–H groups in total. The van der Waals surface area contributed by atoms with Gasteiger partial charge >= 0.3 is 6.09 Å².